The average molecular weight is 328 g/mol. The number of pyridine rings is 1. The lowest BCUT2D eigenvalue weighted by molar-refractivity contribution is 0.374. The maximum Gasteiger partial charge on any atom is 0.239 e. The van der Waals surface area contributed by atoms with Crippen LogP contribution in [-0.2, 0) is 7.05 Å². The number of hydrogen-bond donors (Lipinski definition) is 0. The molecule has 3 aromatic rings. The molecule has 0 amide bonds. The van der Waals surface area contributed by atoms with Crippen LogP contribution in [0.15, 0.2) is 34.2 Å². The van der Waals surface area contributed by atoms with Crippen LogP contribution in [0.25, 0.3) is 11.4 Å². The van der Waals surface area contributed by atoms with Gasteiger partial charge >= 0.3 is 0 Å². The molecule has 1 unspecified atom stereocenters. The van der Waals surface area contributed by atoms with Crippen molar-refractivity contribution in [2.24, 2.45) is 7.05 Å². The summed E-state index contributed by atoms with van der Waals surface area (Å²) in [6.45, 7) is 2.04. The minimum atomic E-state index is 0.0275. The summed E-state index contributed by atoms with van der Waals surface area (Å²) in [4.78, 5) is 8.62. The van der Waals surface area contributed by atoms with E-state index in [1.165, 1.54) is 0 Å². The lowest BCUT2D eigenvalue weighted by Crippen LogP contribution is -1.97. The van der Waals surface area contributed by atoms with Gasteiger partial charge in [0.2, 0.25) is 5.89 Å². The summed E-state index contributed by atoms with van der Waals surface area (Å²) in [7, 11) is 1.95. The van der Waals surface area contributed by atoms with Crippen LogP contribution < -0.4 is 0 Å². The molecule has 118 valence electrons. The van der Waals surface area contributed by atoms with Crippen LogP contribution in [-0.4, -0.2) is 29.9 Å². The van der Waals surface area contributed by atoms with Gasteiger partial charge in [-0.25, -0.2) is 0 Å². The van der Waals surface area contributed by atoms with E-state index in [2.05, 4.69) is 25.3 Å². The first-order chi connectivity index (χ1) is 11.2. The van der Waals surface area contributed by atoms with Crippen molar-refractivity contribution < 1.29 is 4.52 Å². The van der Waals surface area contributed by atoms with Gasteiger partial charge in [-0.1, -0.05) is 16.9 Å². The van der Waals surface area contributed by atoms with E-state index < -0.39 is 0 Å². The Balaban J connectivity index is 1.53. The molecule has 0 aromatic carbocycles. The maximum absolute atomic E-state index is 5.38. The summed E-state index contributed by atoms with van der Waals surface area (Å²) in [6, 6.07) is 3.85. The Morgan fingerprint density at radius 3 is 2.96 bits per heavy atom. The van der Waals surface area contributed by atoms with Crippen molar-refractivity contribution in [3.8, 4) is 11.4 Å². The molecule has 0 bridgehead atoms. The minimum absolute atomic E-state index is 0.0275. The number of nitrogens with zero attached hydrogens (tertiary/aromatic N) is 6. The Hall–Kier alpha value is -2.22. The Labute approximate surface area is 137 Å². The summed E-state index contributed by atoms with van der Waals surface area (Å²) in [5.41, 5.74) is 0.941. The fourth-order valence-corrected chi connectivity index (χ4v) is 3.14. The van der Waals surface area contributed by atoms with E-state index in [9.17, 15) is 0 Å². The quantitative estimate of drug-likeness (QED) is 0.666. The molecule has 23 heavy (non-hydrogen) atoms. The fraction of sp³-hybridized carbons (Fsp3) is 0.400. The molecular formula is C15H16N6OS. The fourth-order valence-electron chi connectivity index (χ4n) is 2.29. The van der Waals surface area contributed by atoms with Gasteiger partial charge in [-0.3, -0.25) is 4.98 Å². The van der Waals surface area contributed by atoms with E-state index in [4.69, 9.17) is 4.52 Å². The van der Waals surface area contributed by atoms with Crippen LogP contribution in [0.3, 0.4) is 0 Å². The number of aromatic nitrogens is 6. The molecule has 1 aliphatic carbocycles. The molecule has 3 aromatic heterocycles. The van der Waals surface area contributed by atoms with Gasteiger partial charge in [-0.15, -0.1) is 10.2 Å². The van der Waals surface area contributed by atoms with Crippen LogP contribution in [0.2, 0.25) is 0 Å². The highest BCUT2D eigenvalue weighted by atomic mass is 32.2. The zero-order valence-electron chi connectivity index (χ0n) is 12.9. The summed E-state index contributed by atoms with van der Waals surface area (Å²) in [5.74, 6) is 2.76. The molecule has 1 saturated carbocycles. The highest BCUT2D eigenvalue weighted by Gasteiger charge is 2.30. The normalized spacial score (nSPS) is 15.7. The summed E-state index contributed by atoms with van der Waals surface area (Å²) < 4.78 is 7.34. The molecule has 0 N–H and O–H groups in total. The van der Waals surface area contributed by atoms with Crippen molar-refractivity contribution in [3.63, 3.8) is 0 Å². The number of thioether (sulfide) groups is 1. The van der Waals surface area contributed by atoms with Crippen molar-refractivity contribution in [3.05, 3.63) is 36.2 Å². The third-order valence-electron chi connectivity index (χ3n) is 3.78. The molecule has 0 spiro atoms. The van der Waals surface area contributed by atoms with Crippen LogP contribution in [0.1, 0.15) is 42.6 Å². The van der Waals surface area contributed by atoms with E-state index >= 15 is 0 Å². The van der Waals surface area contributed by atoms with Crippen molar-refractivity contribution in [2.45, 2.75) is 36.1 Å². The Morgan fingerprint density at radius 2 is 2.22 bits per heavy atom. The minimum Gasteiger partial charge on any atom is -0.338 e. The maximum atomic E-state index is 5.38. The zero-order valence-corrected chi connectivity index (χ0v) is 13.7. The molecule has 1 fully saturated rings. The Bertz CT molecular complexity index is 810. The molecule has 3 heterocycles. The Kier molecular flexibility index (Phi) is 3.60. The lowest BCUT2D eigenvalue weighted by Gasteiger charge is -2.06. The molecule has 1 aliphatic rings. The van der Waals surface area contributed by atoms with Crippen LogP contribution >= 0.6 is 11.8 Å². The first kappa shape index (κ1) is 14.4. The van der Waals surface area contributed by atoms with Crippen LogP contribution in [0.4, 0.5) is 0 Å². The molecule has 8 heteroatoms. The third-order valence-corrected chi connectivity index (χ3v) is 4.91. The summed E-state index contributed by atoms with van der Waals surface area (Å²) in [6.07, 6.45) is 5.85. The molecule has 0 saturated heterocycles. The van der Waals surface area contributed by atoms with Gasteiger partial charge in [0.15, 0.2) is 16.8 Å². The van der Waals surface area contributed by atoms with E-state index in [0.717, 1.165) is 35.2 Å². The van der Waals surface area contributed by atoms with Crippen LogP contribution in [0, 0.1) is 0 Å². The molecule has 0 radical (unpaired) electrons. The van der Waals surface area contributed by atoms with E-state index in [0.29, 0.717) is 11.8 Å². The van der Waals surface area contributed by atoms with Crippen molar-refractivity contribution in [1.82, 2.24) is 29.9 Å². The molecule has 0 aliphatic heterocycles. The van der Waals surface area contributed by atoms with Gasteiger partial charge in [0.05, 0.1) is 5.25 Å². The number of hydrogen-bond acceptors (Lipinski definition) is 7. The first-order valence-corrected chi connectivity index (χ1v) is 8.40. The van der Waals surface area contributed by atoms with Crippen molar-refractivity contribution in [1.29, 1.82) is 0 Å². The molecule has 1 atom stereocenters. The van der Waals surface area contributed by atoms with Crippen molar-refractivity contribution >= 4 is 11.8 Å². The van der Waals surface area contributed by atoms with Gasteiger partial charge in [0.25, 0.3) is 0 Å². The topological polar surface area (TPSA) is 82.5 Å². The molecule has 7 nitrogen and oxygen atoms in total. The molecular weight excluding hydrogens is 312 g/mol. The van der Waals surface area contributed by atoms with E-state index in [-0.39, 0.29) is 5.25 Å². The first-order valence-electron chi connectivity index (χ1n) is 7.52. The van der Waals surface area contributed by atoms with Gasteiger partial charge in [-0.2, -0.15) is 4.98 Å². The monoisotopic (exact) mass is 328 g/mol. The van der Waals surface area contributed by atoms with Crippen molar-refractivity contribution in [2.75, 3.05) is 0 Å². The Morgan fingerprint density at radius 1 is 1.35 bits per heavy atom. The summed E-state index contributed by atoms with van der Waals surface area (Å²) in [5, 5.41) is 13.4. The van der Waals surface area contributed by atoms with E-state index in [1.807, 2.05) is 30.7 Å². The second-order valence-electron chi connectivity index (χ2n) is 5.63. The lowest BCUT2D eigenvalue weighted by atomic mass is 10.3. The second kappa shape index (κ2) is 5.77. The SMILES string of the molecule is CC(Sc1nnc(-c2cccnc2)n1C)c1nc(C2CC2)no1. The largest absolute Gasteiger partial charge is 0.338 e. The van der Waals surface area contributed by atoms with Gasteiger partial charge < -0.3 is 9.09 Å². The predicted octanol–water partition coefficient (Wildman–Crippen LogP) is 2.99. The smallest absolute Gasteiger partial charge is 0.239 e. The van der Waals surface area contributed by atoms with Gasteiger partial charge in [-0.05, 0) is 31.9 Å². The van der Waals surface area contributed by atoms with Gasteiger partial charge in [0.1, 0.15) is 0 Å². The van der Waals surface area contributed by atoms with Crippen LogP contribution in [0.5, 0.6) is 0 Å². The van der Waals surface area contributed by atoms with E-state index in [1.54, 1.807) is 24.2 Å². The van der Waals surface area contributed by atoms with Gasteiger partial charge in [0, 0.05) is 30.9 Å². The summed E-state index contributed by atoms with van der Waals surface area (Å²) >= 11 is 1.56. The highest BCUT2D eigenvalue weighted by Crippen LogP contribution is 2.40. The average Bonchev–Trinajstić information content (AvgIpc) is 3.20. The highest BCUT2D eigenvalue weighted by molar-refractivity contribution is 7.99. The predicted molar refractivity (Wildman–Crippen MR) is 84.8 cm³/mol. The number of rotatable bonds is 5. The third kappa shape index (κ3) is 2.86. The zero-order chi connectivity index (χ0) is 15.8. The molecule has 4 rings (SSSR count). The second-order valence-corrected chi connectivity index (χ2v) is 6.94. The standard InChI is InChI=1S/C15H16N6OS/c1-9(14-17-12(20-22-14)10-5-6-10)23-15-19-18-13(21(15)2)11-4-3-7-16-8-11/h3-4,7-10H,5-6H2,1-2H3.